The molecule has 0 amide bonds. The van der Waals surface area contributed by atoms with Crippen LogP contribution in [0.15, 0.2) is 5.38 Å². The van der Waals surface area contributed by atoms with Crippen LogP contribution < -0.4 is 5.32 Å². The van der Waals surface area contributed by atoms with Gasteiger partial charge in [0.1, 0.15) is 5.41 Å². The van der Waals surface area contributed by atoms with Gasteiger partial charge in [0, 0.05) is 17.2 Å². The number of nitrogens with zero attached hydrogens (tertiary/aromatic N) is 1. The lowest BCUT2D eigenvalue weighted by atomic mass is 9.90. The van der Waals surface area contributed by atoms with Gasteiger partial charge in [0.25, 0.3) is 0 Å². The molecule has 0 aliphatic carbocycles. The van der Waals surface area contributed by atoms with E-state index in [4.69, 9.17) is 5.11 Å². The van der Waals surface area contributed by atoms with Gasteiger partial charge in [0.15, 0.2) is 5.13 Å². The normalized spacial score (nSPS) is 20.5. The number of carboxylic acids is 1. The molecule has 1 aliphatic rings. The molecular weight excluding hydrogens is 256 g/mol. The summed E-state index contributed by atoms with van der Waals surface area (Å²) in [7, 11) is 0. The first-order valence-corrected chi connectivity index (χ1v) is 7.57. The number of aromatic nitrogens is 1. The van der Waals surface area contributed by atoms with Crippen molar-refractivity contribution in [3.8, 4) is 0 Å². The molecule has 0 spiro atoms. The van der Waals surface area contributed by atoms with Gasteiger partial charge in [0.05, 0.1) is 5.69 Å². The minimum Gasteiger partial charge on any atom is -0.481 e. The van der Waals surface area contributed by atoms with Crippen LogP contribution in [0.3, 0.4) is 0 Å². The molecule has 0 aromatic carbocycles. The summed E-state index contributed by atoms with van der Waals surface area (Å²) < 4.78 is 0. The summed E-state index contributed by atoms with van der Waals surface area (Å²) >= 11 is 3.42. The summed E-state index contributed by atoms with van der Waals surface area (Å²) in [6.07, 6.45) is 1.15. The van der Waals surface area contributed by atoms with Crippen LogP contribution in [-0.4, -0.2) is 33.6 Å². The lowest BCUT2D eigenvalue weighted by molar-refractivity contribution is -0.142. The molecule has 1 saturated heterocycles. The molecule has 17 heavy (non-hydrogen) atoms. The average molecular weight is 272 g/mol. The monoisotopic (exact) mass is 272 g/mol. The van der Waals surface area contributed by atoms with E-state index in [1.54, 1.807) is 13.8 Å². The molecule has 2 rings (SSSR count). The van der Waals surface area contributed by atoms with Crippen molar-refractivity contribution in [3.05, 3.63) is 11.1 Å². The average Bonchev–Trinajstić information content (AvgIpc) is 2.89. The Balaban J connectivity index is 2.07. The lowest BCUT2D eigenvalue weighted by Gasteiger charge is -2.16. The third kappa shape index (κ3) is 2.74. The van der Waals surface area contributed by atoms with Crippen LogP contribution in [-0.2, 0) is 10.2 Å². The van der Waals surface area contributed by atoms with E-state index in [-0.39, 0.29) is 0 Å². The summed E-state index contributed by atoms with van der Waals surface area (Å²) in [5, 5.41) is 15.2. The van der Waals surface area contributed by atoms with Gasteiger partial charge in [-0.1, -0.05) is 0 Å². The Labute approximate surface area is 109 Å². The molecule has 1 fully saturated rings. The van der Waals surface area contributed by atoms with Gasteiger partial charge < -0.3 is 10.4 Å². The Bertz CT molecular complexity index is 411. The predicted molar refractivity (Wildman–Crippen MR) is 72.1 cm³/mol. The number of thiazole rings is 1. The highest BCUT2D eigenvalue weighted by molar-refractivity contribution is 7.99. The largest absolute Gasteiger partial charge is 0.481 e. The maximum Gasteiger partial charge on any atom is 0.315 e. The molecule has 1 aromatic heterocycles. The van der Waals surface area contributed by atoms with Gasteiger partial charge >= 0.3 is 5.97 Å². The van der Waals surface area contributed by atoms with E-state index >= 15 is 0 Å². The van der Waals surface area contributed by atoms with Gasteiger partial charge in [-0.2, -0.15) is 11.8 Å². The highest BCUT2D eigenvalue weighted by Crippen LogP contribution is 2.29. The van der Waals surface area contributed by atoms with E-state index in [0.717, 1.165) is 17.3 Å². The smallest absolute Gasteiger partial charge is 0.315 e. The van der Waals surface area contributed by atoms with Gasteiger partial charge in [-0.25, -0.2) is 4.98 Å². The second-order valence-electron chi connectivity index (χ2n) is 4.67. The SMILES string of the molecule is CC(C)(C(=O)O)c1csc(NC2CCSC2)n1. The van der Waals surface area contributed by atoms with Crippen molar-refractivity contribution >= 4 is 34.2 Å². The molecule has 2 N–H and O–H groups in total. The Morgan fingerprint density at radius 2 is 2.41 bits per heavy atom. The molecule has 1 unspecified atom stereocenters. The number of carboxylic acid groups (broad SMARTS) is 1. The second kappa shape index (κ2) is 4.86. The second-order valence-corrected chi connectivity index (χ2v) is 6.68. The Hall–Kier alpha value is -0.750. The molecular formula is C11H16N2O2S2. The number of thioether (sulfide) groups is 1. The molecule has 0 saturated carbocycles. The zero-order valence-electron chi connectivity index (χ0n) is 9.90. The number of hydrogen-bond donors (Lipinski definition) is 2. The number of carbonyl (C=O) groups is 1. The van der Waals surface area contributed by atoms with E-state index in [1.165, 1.54) is 17.1 Å². The maximum absolute atomic E-state index is 11.1. The maximum atomic E-state index is 11.1. The molecule has 1 atom stereocenters. The molecule has 94 valence electrons. The van der Waals surface area contributed by atoms with E-state index in [1.807, 2.05) is 17.1 Å². The minimum absolute atomic E-state index is 0.479. The highest BCUT2D eigenvalue weighted by Gasteiger charge is 2.32. The summed E-state index contributed by atoms with van der Waals surface area (Å²) in [4.78, 5) is 15.5. The van der Waals surface area contributed by atoms with Gasteiger partial charge in [-0.15, -0.1) is 11.3 Å². The summed E-state index contributed by atoms with van der Waals surface area (Å²) in [5.41, 5.74) is -0.288. The third-order valence-corrected chi connectivity index (χ3v) is 4.87. The van der Waals surface area contributed by atoms with Crippen LogP contribution in [0, 0.1) is 0 Å². The number of hydrogen-bond acceptors (Lipinski definition) is 5. The molecule has 1 aromatic rings. The zero-order chi connectivity index (χ0) is 12.5. The molecule has 1 aliphatic heterocycles. The molecule has 6 heteroatoms. The van der Waals surface area contributed by atoms with E-state index < -0.39 is 11.4 Å². The fraction of sp³-hybridized carbons (Fsp3) is 0.636. The van der Waals surface area contributed by atoms with Gasteiger partial charge in [-0.3, -0.25) is 4.79 Å². The number of aliphatic carboxylic acids is 1. The number of anilines is 1. The predicted octanol–water partition coefficient (Wildman–Crippen LogP) is 2.42. The van der Waals surface area contributed by atoms with Crippen LogP contribution in [0.25, 0.3) is 0 Å². The first-order valence-electron chi connectivity index (χ1n) is 5.54. The van der Waals surface area contributed by atoms with E-state index in [2.05, 4.69) is 10.3 Å². The molecule has 0 radical (unpaired) electrons. The van der Waals surface area contributed by atoms with Crippen molar-refractivity contribution in [1.29, 1.82) is 0 Å². The van der Waals surface area contributed by atoms with Crippen LogP contribution >= 0.6 is 23.1 Å². The fourth-order valence-corrected chi connectivity index (χ4v) is 3.67. The highest BCUT2D eigenvalue weighted by atomic mass is 32.2. The molecule has 0 bridgehead atoms. The van der Waals surface area contributed by atoms with Crippen LogP contribution in [0.2, 0.25) is 0 Å². The van der Waals surface area contributed by atoms with Crippen molar-refractivity contribution in [2.24, 2.45) is 0 Å². The van der Waals surface area contributed by atoms with Crippen molar-refractivity contribution in [1.82, 2.24) is 4.98 Å². The Morgan fingerprint density at radius 1 is 1.65 bits per heavy atom. The first kappa shape index (κ1) is 12.7. The Morgan fingerprint density at radius 3 is 3.00 bits per heavy atom. The topological polar surface area (TPSA) is 62.2 Å². The van der Waals surface area contributed by atoms with Crippen LogP contribution in [0.5, 0.6) is 0 Å². The van der Waals surface area contributed by atoms with E-state index in [9.17, 15) is 4.79 Å². The van der Waals surface area contributed by atoms with E-state index in [0.29, 0.717) is 11.7 Å². The molecule has 4 nitrogen and oxygen atoms in total. The third-order valence-electron chi connectivity index (χ3n) is 2.94. The summed E-state index contributed by atoms with van der Waals surface area (Å²) in [6.45, 7) is 3.36. The van der Waals surface area contributed by atoms with Gasteiger partial charge in [-0.05, 0) is 26.0 Å². The summed E-state index contributed by atoms with van der Waals surface area (Å²) in [5.74, 6) is 1.46. The number of rotatable bonds is 4. The minimum atomic E-state index is -0.916. The van der Waals surface area contributed by atoms with Gasteiger partial charge in [0.2, 0.25) is 0 Å². The lowest BCUT2D eigenvalue weighted by Crippen LogP contribution is -2.29. The van der Waals surface area contributed by atoms with Crippen molar-refractivity contribution < 1.29 is 9.90 Å². The molecule has 2 heterocycles. The summed E-state index contributed by atoms with van der Waals surface area (Å²) in [6, 6.07) is 0.479. The van der Waals surface area contributed by atoms with Crippen LogP contribution in [0.4, 0.5) is 5.13 Å². The van der Waals surface area contributed by atoms with Crippen molar-refractivity contribution in [2.45, 2.75) is 31.7 Å². The van der Waals surface area contributed by atoms with Crippen molar-refractivity contribution in [3.63, 3.8) is 0 Å². The standard InChI is InChI=1S/C11H16N2O2S2/c1-11(2,9(14)15)8-6-17-10(13-8)12-7-3-4-16-5-7/h6-7H,3-5H2,1-2H3,(H,12,13)(H,14,15). The van der Waals surface area contributed by atoms with Crippen LogP contribution in [0.1, 0.15) is 26.0 Å². The number of nitrogens with one attached hydrogen (secondary N) is 1. The Kier molecular flexibility index (Phi) is 3.63. The van der Waals surface area contributed by atoms with Crippen molar-refractivity contribution in [2.75, 3.05) is 16.8 Å². The first-order chi connectivity index (χ1) is 8.00. The quantitative estimate of drug-likeness (QED) is 0.881. The zero-order valence-corrected chi connectivity index (χ0v) is 11.5. The fourth-order valence-electron chi connectivity index (χ4n) is 1.56.